The summed E-state index contributed by atoms with van der Waals surface area (Å²) >= 11 is 0. The number of allylic oxidation sites excluding steroid dienone is 4. The molecule has 2 aliphatic rings. The number of hydrogen-bond donors (Lipinski definition) is 1. The molecule has 0 saturated carbocycles. The number of rotatable bonds is 3. The summed E-state index contributed by atoms with van der Waals surface area (Å²) in [6.07, 6.45) is -4.85. The molecule has 0 fully saturated rings. The van der Waals surface area contributed by atoms with E-state index in [0.29, 0.717) is 28.5 Å². The Morgan fingerprint density at radius 1 is 0.794 bits per heavy atom. The summed E-state index contributed by atoms with van der Waals surface area (Å²) < 4.78 is 80.1. The molecule has 5 rings (SSSR count). The molecule has 0 spiro atoms. The number of benzene rings is 3. The maximum Gasteiger partial charge on any atom is 0.416 e. The fraction of sp³-hybridized carbons (Fsp3) is 0.154. The minimum absolute atomic E-state index is 0.324. The zero-order valence-corrected chi connectivity index (χ0v) is 17.7. The van der Waals surface area contributed by atoms with Gasteiger partial charge in [-0.3, -0.25) is 0 Å². The lowest BCUT2D eigenvalue weighted by Crippen LogP contribution is -2.46. The molecular formula is C26H18BF6N. The normalized spacial score (nSPS) is 17.3. The van der Waals surface area contributed by atoms with Crippen LogP contribution in [0.4, 0.5) is 32.0 Å². The Bertz CT molecular complexity index is 1290. The molecule has 0 bridgehead atoms. The van der Waals surface area contributed by atoms with E-state index < -0.39 is 29.4 Å². The van der Waals surface area contributed by atoms with E-state index in [-0.39, 0.29) is 6.85 Å². The van der Waals surface area contributed by atoms with Gasteiger partial charge in [0, 0.05) is 11.6 Å². The van der Waals surface area contributed by atoms with E-state index in [1.807, 2.05) is 30.3 Å². The van der Waals surface area contributed by atoms with Gasteiger partial charge in [-0.25, -0.2) is 0 Å². The van der Waals surface area contributed by atoms with Gasteiger partial charge < -0.3 is 5.23 Å². The van der Waals surface area contributed by atoms with Gasteiger partial charge in [0.15, 0.2) is 0 Å². The molecule has 8 heteroatoms. The van der Waals surface area contributed by atoms with E-state index in [2.05, 4.69) is 5.23 Å². The molecule has 0 saturated heterocycles. The van der Waals surface area contributed by atoms with Crippen molar-refractivity contribution in [2.45, 2.75) is 24.6 Å². The minimum atomic E-state index is -4.50. The molecule has 1 atom stereocenters. The number of nitrogens with one attached hydrogen (secondary N) is 1. The Morgan fingerprint density at radius 3 is 2.24 bits per heavy atom. The summed E-state index contributed by atoms with van der Waals surface area (Å²) in [5.74, 6) is -0.626. The highest BCUT2D eigenvalue weighted by atomic mass is 19.4. The Labute approximate surface area is 192 Å². The smallest absolute Gasteiger partial charge is 0.416 e. The molecule has 34 heavy (non-hydrogen) atoms. The third kappa shape index (κ3) is 4.13. The minimum Gasteiger partial charge on any atom is -0.424 e. The molecule has 1 nitrogen and oxygen atoms in total. The van der Waals surface area contributed by atoms with Crippen LogP contribution in [-0.2, 0) is 12.5 Å². The molecule has 3 aromatic rings. The monoisotopic (exact) mass is 469 g/mol. The summed E-state index contributed by atoms with van der Waals surface area (Å²) in [6, 6.07) is 18.2. The van der Waals surface area contributed by atoms with Crippen LogP contribution >= 0.6 is 0 Å². The molecule has 3 aromatic carbocycles. The second kappa shape index (κ2) is 8.11. The van der Waals surface area contributed by atoms with Crippen molar-refractivity contribution in [1.82, 2.24) is 0 Å². The predicted octanol–water partition coefficient (Wildman–Crippen LogP) is 6.92. The lowest BCUT2D eigenvalue weighted by molar-refractivity contribution is -0.137. The molecule has 172 valence electrons. The number of halogens is 6. The van der Waals surface area contributed by atoms with Crippen LogP contribution in [0.5, 0.6) is 0 Å². The van der Waals surface area contributed by atoms with Gasteiger partial charge in [-0.1, -0.05) is 60.7 Å². The van der Waals surface area contributed by atoms with Crippen LogP contribution in [0.3, 0.4) is 0 Å². The lowest BCUT2D eigenvalue weighted by atomic mass is 9.45. The predicted molar refractivity (Wildman–Crippen MR) is 122 cm³/mol. The van der Waals surface area contributed by atoms with Crippen molar-refractivity contribution >= 4 is 18.0 Å². The van der Waals surface area contributed by atoms with Crippen LogP contribution in [0.25, 0.3) is 11.1 Å². The first-order chi connectivity index (χ1) is 16.1. The Morgan fingerprint density at radius 2 is 1.56 bits per heavy atom. The Balaban J connectivity index is 1.66. The highest BCUT2D eigenvalue weighted by molar-refractivity contribution is 6.78. The Hall–Kier alpha value is -3.42. The fourth-order valence-electron chi connectivity index (χ4n) is 4.75. The maximum absolute atomic E-state index is 13.4. The zero-order valence-electron chi connectivity index (χ0n) is 17.7. The average molecular weight is 469 g/mol. The van der Waals surface area contributed by atoms with Gasteiger partial charge in [-0.15, -0.1) is 0 Å². The molecule has 1 aliphatic heterocycles. The summed E-state index contributed by atoms with van der Waals surface area (Å²) in [5.41, 5.74) is 2.50. The van der Waals surface area contributed by atoms with Gasteiger partial charge in [-0.2, -0.15) is 26.3 Å². The van der Waals surface area contributed by atoms with E-state index in [1.165, 1.54) is 12.1 Å². The third-order valence-corrected chi connectivity index (χ3v) is 6.28. The standard InChI is InChI=1S/C26H18BF6N/c28-25(29,30)18-11-9-16(13-18)21-7-4-8-22-23-14-19(26(31,32)33)12-10-17(23)15-27(24(21)22)34-20-5-2-1-3-6-20/h1-14,16,34H,15H2. The first-order valence-electron chi connectivity index (χ1n) is 10.7. The topological polar surface area (TPSA) is 12.0 Å². The highest BCUT2D eigenvalue weighted by Gasteiger charge is 2.38. The molecule has 0 radical (unpaired) electrons. The first kappa shape index (κ1) is 22.4. The zero-order chi connectivity index (χ0) is 24.1. The molecule has 1 aliphatic carbocycles. The van der Waals surface area contributed by atoms with Crippen molar-refractivity contribution < 1.29 is 26.3 Å². The van der Waals surface area contributed by atoms with Crippen molar-refractivity contribution in [2.24, 2.45) is 0 Å². The van der Waals surface area contributed by atoms with E-state index in [1.54, 1.807) is 18.2 Å². The number of alkyl halides is 6. The van der Waals surface area contributed by atoms with Crippen LogP contribution in [0, 0.1) is 0 Å². The number of para-hydroxylation sites is 1. The summed E-state index contributed by atoms with van der Waals surface area (Å²) in [7, 11) is 0. The largest absolute Gasteiger partial charge is 0.424 e. The van der Waals surface area contributed by atoms with Crippen molar-refractivity contribution in [3.05, 3.63) is 107 Å². The van der Waals surface area contributed by atoms with Gasteiger partial charge in [0.05, 0.1) is 11.1 Å². The lowest BCUT2D eigenvalue weighted by Gasteiger charge is -2.30. The van der Waals surface area contributed by atoms with E-state index in [4.69, 9.17) is 0 Å². The fourth-order valence-corrected chi connectivity index (χ4v) is 4.75. The second-order valence-corrected chi connectivity index (χ2v) is 8.45. The van der Waals surface area contributed by atoms with Gasteiger partial charge >= 0.3 is 12.4 Å². The first-order valence-corrected chi connectivity index (χ1v) is 10.7. The van der Waals surface area contributed by atoms with Crippen LogP contribution in [0.15, 0.2) is 90.5 Å². The van der Waals surface area contributed by atoms with Crippen LogP contribution in [0.1, 0.15) is 22.6 Å². The summed E-state index contributed by atoms with van der Waals surface area (Å²) in [5, 5.41) is 3.44. The molecular weight excluding hydrogens is 451 g/mol. The molecule has 1 N–H and O–H groups in total. The molecule has 1 unspecified atom stereocenters. The van der Waals surface area contributed by atoms with Gasteiger partial charge in [0.1, 0.15) is 0 Å². The average Bonchev–Trinajstić information content (AvgIpc) is 3.29. The third-order valence-electron chi connectivity index (χ3n) is 6.28. The SMILES string of the molecule is FC(F)(F)C1=CC(c2cccc3c2B(Nc2ccccc2)Cc2ccc(C(F)(F)F)cc2-3)C=C1. The van der Waals surface area contributed by atoms with Crippen LogP contribution < -0.4 is 10.7 Å². The van der Waals surface area contributed by atoms with Crippen LogP contribution in [0.2, 0.25) is 0 Å². The van der Waals surface area contributed by atoms with Crippen molar-refractivity contribution in [3.63, 3.8) is 0 Å². The maximum atomic E-state index is 13.4. The molecule has 0 aromatic heterocycles. The highest BCUT2D eigenvalue weighted by Crippen LogP contribution is 2.39. The summed E-state index contributed by atoms with van der Waals surface area (Å²) in [4.78, 5) is 0. The van der Waals surface area contributed by atoms with Crippen molar-refractivity contribution in [1.29, 1.82) is 0 Å². The number of hydrogen-bond acceptors (Lipinski definition) is 1. The molecule has 1 heterocycles. The number of fused-ring (bicyclic) bond motifs is 3. The van der Waals surface area contributed by atoms with E-state index in [9.17, 15) is 26.3 Å². The second-order valence-electron chi connectivity index (χ2n) is 8.45. The van der Waals surface area contributed by atoms with Gasteiger partial charge in [-0.05, 0) is 58.3 Å². The summed E-state index contributed by atoms with van der Waals surface area (Å²) in [6.45, 7) is -0.324. The quantitative estimate of drug-likeness (QED) is 0.325. The van der Waals surface area contributed by atoms with Crippen molar-refractivity contribution in [2.75, 3.05) is 5.23 Å². The van der Waals surface area contributed by atoms with Gasteiger partial charge in [0.2, 0.25) is 0 Å². The molecule has 0 amide bonds. The van der Waals surface area contributed by atoms with Crippen LogP contribution in [-0.4, -0.2) is 13.0 Å². The van der Waals surface area contributed by atoms with E-state index >= 15 is 0 Å². The Kier molecular flexibility index (Phi) is 5.34. The number of anilines is 1. The van der Waals surface area contributed by atoms with Crippen molar-refractivity contribution in [3.8, 4) is 11.1 Å². The van der Waals surface area contributed by atoms with Gasteiger partial charge in [0.25, 0.3) is 6.85 Å². The van der Waals surface area contributed by atoms with E-state index in [0.717, 1.165) is 35.5 Å².